The van der Waals surface area contributed by atoms with Crippen molar-refractivity contribution in [2.45, 2.75) is 6.54 Å². The zero-order chi connectivity index (χ0) is 42.4. The van der Waals surface area contributed by atoms with Crippen molar-refractivity contribution in [1.29, 1.82) is 0 Å². The van der Waals surface area contributed by atoms with Gasteiger partial charge in [-0.3, -0.25) is 0 Å². The van der Waals surface area contributed by atoms with Crippen LogP contribution in [0.4, 0.5) is 11.4 Å². The highest BCUT2D eigenvalue weighted by molar-refractivity contribution is 7.80. The fraction of sp³-hybridized carbons (Fsp3) is 0.0169. The molecule has 12 aromatic rings. The third-order valence-electron chi connectivity index (χ3n) is 12.5. The Hall–Kier alpha value is -7.41. The van der Waals surface area contributed by atoms with Crippen molar-refractivity contribution < 1.29 is 8.39 Å². The van der Waals surface area contributed by atoms with Gasteiger partial charge in [-0.2, -0.15) is 0 Å². The molecule has 0 N–H and O–H groups in total. The van der Waals surface area contributed by atoms with Gasteiger partial charge >= 0.3 is 0 Å². The van der Waals surface area contributed by atoms with Gasteiger partial charge in [-0.15, -0.1) is 0 Å². The van der Waals surface area contributed by atoms with Crippen LogP contribution in [0.2, 0.25) is 0 Å². The molecule has 11 aromatic carbocycles. The summed E-state index contributed by atoms with van der Waals surface area (Å²) in [4.78, 5) is 2.52. The second-order valence-electron chi connectivity index (χ2n) is 16.2. The third-order valence-corrected chi connectivity index (χ3v) is 15.6. The van der Waals surface area contributed by atoms with Gasteiger partial charge in [0.05, 0.1) is 11.4 Å². The number of fused-ring (bicyclic) bond motifs is 9. The van der Waals surface area contributed by atoms with E-state index < -0.39 is 7.92 Å². The minimum Gasteiger partial charge on any atom is -0.421 e. The van der Waals surface area contributed by atoms with Crippen LogP contribution in [-0.4, -0.2) is 0 Å². The fourth-order valence-electron chi connectivity index (χ4n) is 9.67. The first-order valence-corrected chi connectivity index (χ1v) is 23.9. The normalized spacial score (nSPS) is 11.8. The van der Waals surface area contributed by atoms with Gasteiger partial charge in [0.1, 0.15) is 5.58 Å². The van der Waals surface area contributed by atoms with Crippen LogP contribution in [0.25, 0.3) is 76.2 Å². The van der Waals surface area contributed by atoms with E-state index in [0.717, 1.165) is 54.9 Å². The topological polar surface area (TPSA) is 29.5 Å². The molecule has 5 heteroatoms. The molecule has 1 heterocycles. The molecule has 0 aliphatic heterocycles. The van der Waals surface area contributed by atoms with Crippen molar-refractivity contribution in [2.75, 3.05) is 4.90 Å². The van der Waals surface area contributed by atoms with Gasteiger partial charge in [0.2, 0.25) is 8.67 Å². The lowest BCUT2D eigenvalue weighted by atomic mass is 9.91. The summed E-state index contributed by atoms with van der Waals surface area (Å²) in [5.41, 5.74) is 7.36. The Kier molecular flexibility index (Phi) is 9.79. The summed E-state index contributed by atoms with van der Waals surface area (Å²) in [5, 5.41) is 15.4. The average Bonchev–Trinajstić information content (AvgIpc) is 3.57. The van der Waals surface area contributed by atoms with Crippen molar-refractivity contribution in [3.8, 4) is 11.1 Å². The summed E-state index contributed by atoms with van der Waals surface area (Å²) in [6.45, 7) is 0.596. The number of nitrogens with zero attached hydrogens (tertiary/aromatic N) is 1. The number of rotatable bonds is 8. The van der Waals surface area contributed by atoms with E-state index in [0.29, 0.717) is 6.54 Å². The van der Waals surface area contributed by atoms with Crippen LogP contribution in [0.5, 0.6) is 0 Å². The van der Waals surface area contributed by atoms with Crippen molar-refractivity contribution >= 4 is 109 Å². The Morgan fingerprint density at radius 2 is 0.891 bits per heavy atom. The number of hydrogen-bond donors (Lipinski definition) is 0. The Morgan fingerprint density at radius 1 is 0.391 bits per heavy atom. The van der Waals surface area contributed by atoms with Gasteiger partial charge < -0.3 is 13.3 Å². The molecular weight excluding hydrogens is 817 g/mol. The molecule has 12 rings (SSSR count). The highest BCUT2D eigenvalue weighted by Crippen LogP contribution is 2.50. The van der Waals surface area contributed by atoms with Crippen LogP contribution in [0.15, 0.2) is 239 Å². The molecule has 0 aliphatic carbocycles. The van der Waals surface area contributed by atoms with E-state index in [-0.39, 0.29) is 8.67 Å². The average molecular weight is 858 g/mol. The monoisotopic (exact) mass is 857 g/mol. The Morgan fingerprint density at radius 3 is 1.55 bits per heavy atom. The van der Waals surface area contributed by atoms with Gasteiger partial charge in [-0.05, 0) is 90.7 Å². The van der Waals surface area contributed by atoms with E-state index in [1.165, 1.54) is 54.1 Å². The van der Waals surface area contributed by atoms with E-state index in [2.05, 4.69) is 235 Å². The molecule has 3 nitrogen and oxygen atoms in total. The molecule has 0 amide bonds. The molecule has 1 aromatic heterocycles. The fourth-order valence-corrected chi connectivity index (χ4v) is 12.7. The summed E-state index contributed by atoms with van der Waals surface area (Å²) in [6.07, 6.45) is 0. The van der Waals surface area contributed by atoms with Crippen LogP contribution in [-0.2, 0) is 6.54 Å². The SMILES string of the molecule is c1ccc(CN(c2ccc3ccccc3c2-c2c(P(c3ccccc3)c3ccccc3)ccc3ccccc23)c2cc3ccccc3c3c2o[pH]oc2ccc4ccccc4c23)cc1. The van der Waals surface area contributed by atoms with Gasteiger partial charge in [-0.1, -0.05) is 212 Å². The number of anilines is 2. The van der Waals surface area contributed by atoms with E-state index >= 15 is 0 Å². The minimum absolute atomic E-state index is 0.234. The van der Waals surface area contributed by atoms with Gasteiger partial charge in [-0.25, -0.2) is 0 Å². The predicted molar refractivity (Wildman–Crippen MR) is 276 cm³/mol. The summed E-state index contributed by atoms with van der Waals surface area (Å²) >= 11 is 0. The van der Waals surface area contributed by atoms with Crippen molar-refractivity contribution in [1.82, 2.24) is 0 Å². The zero-order valence-corrected chi connectivity index (χ0v) is 36.8. The van der Waals surface area contributed by atoms with Crippen LogP contribution < -0.4 is 20.8 Å². The first kappa shape index (κ1) is 38.3. The van der Waals surface area contributed by atoms with Crippen LogP contribution in [0.3, 0.4) is 0 Å². The Labute approximate surface area is 374 Å². The molecule has 0 aliphatic rings. The van der Waals surface area contributed by atoms with E-state index in [4.69, 9.17) is 8.39 Å². The highest BCUT2D eigenvalue weighted by Gasteiger charge is 2.28. The summed E-state index contributed by atoms with van der Waals surface area (Å²) in [6, 6.07) is 84.1. The molecule has 1 unspecified atom stereocenters. The minimum atomic E-state index is -0.993. The van der Waals surface area contributed by atoms with Crippen LogP contribution >= 0.6 is 16.6 Å². The maximum atomic E-state index is 7.01. The number of benzene rings is 11. The van der Waals surface area contributed by atoms with Gasteiger partial charge in [0.25, 0.3) is 0 Å². The second-order valence-corrected chi connectivity index (χ2v) is 19.0. The Balaban J connectivity index is 1.25. The van der Waals surface area contributed by atoms with E-state index in [1.54, 1.807) is 0 Å². The summed E-state index contributed by atoms with van der Waals surface area (Å²) in [7, 11) is -1.23. The summed E-state index contributed by atoms with van der Waals surface area (Å²) < 4.78 is 13.6. The molecule has 304 valence electrons. The Bertz CT molecular complexity index is 3680. The largest absolute Gasteiger partial charge is 0.421 e. The molecule has 0 bridgehead atoms. The standard InChI is InChI=1S/C59H41NO2P2/c1-4-18-40(19-5-1)39-60(52-38-44-23-13-17-31-50(44)58-56-48-29-15-11-21-42(48)33-36-53(56)61-63-62-59(52)58)51-35-32-41-20-10-14-28-47(41)55(51)57-49-30-16-12-22-43(49)34-37-54(57)64(45-24-6-2-7-25-45)46-26-8-3-9-27-46/h1-38,63H,39H2. The van der Waals surface area contributed by atoms with Crippen molar-refractivity contribution in [3.05, 3.63) is 236 Å². The van der Waals surface area contributed by atoms with Crippen molar-refractivity contribution in [3.63, 3.8) is 0 Å². The summed E-state index contributed by atoms with van der Waals surface area (Å²) in [5.74, 6) is 0. The lowest BCUT2D eigenvalue weighted by Gasteiger charge is -2.31. The zero-order valence-electron chi connectivity index (χ0n) is 34.9. The molecular formula is C59H41NO2P2. The lowest BCUT2D eigenvalue weighted by Crippen LogP contribution is -2.23. The highest BCUT2D eigenvalue weighted by atomic mass is 31.1. The molecule has 64 heavy (non-hydrogen) atoms. The molecule has 0 fully saturated rings. The van der Waals surface area contributed by atoms with Crippen LogP contribution in [0.1, 0.15) is 5.56 Å². The van der Waals surface area contributed by atoms with Crippen molar-refractivity contribution in [2.24, 2.45) is 0 Å². The number of hydrogen-bond acceptors (Lipinski definition) is 3. The van der Waals surface area contributed by atoms with E-state index in [9.17, 15) is 0 Å². The maximum Gasteiger partial charge on any atom is 0.201 e. The first-order valence-electron chi connectivity index (χ1n) is 21.7. The maximum absolute atomic E-state index is 7.01. The lowest BCUT2D eigenvalue weighted by molar-refractivity contribution is 0.662. The smallest absolute Gasteiger partial charge is 0.201 e. The molecule has 0 saturated heterocycles. The second kappa shape index (κ2) is 16.4. The molecule has 0 saturated carbocycles. The first-order chi connectivity index (χ1) is 31.8. The van der Waals surface area contributed by atoms with Gasteiger partial charge in [0.15, 0.2) is 5.58 Å². The molecule has 1 atom stereocenters. The third kappa shape index (κ3) is 6.65. The van der Waals surface area contributed by atoms with Gasteiger partial charge in [0, 0.05) is 28.4 Å². The van der Waals surface area contributed by atoms with Crippen LogP contribution in [0, 0.1) is 0 Å². The molecule has 0 spiro atoms. The molecule has 0 radical (unpaired) electrons. The van der Waals surface area contributed by atoms with E-state index in [1.807, 2.05) is 0 Å². The quantitative estimate of drug-likeness (QED) is 0.143. The predicted octanol–water partition coefficient (Wildman–Crippen LogP) is 15.7.